The number of alkyl halides is 3. The third kappa shape index (κ3) is 7.29. The van der Waals surface area contributed by atoms with Crippen LogP contribution in [0, 0.1) is 5.92 Å². The molecule has 1 heterocycles. The Bertz CT molecular complexity index is 558. The molecule has 5 nitrogen and oxygen atoms in total. The first-order valence-corrected chi connectivity index (χ1v) is 8.60. The van der Waals surface area contributed by atoms with E-state index in [1.807, 2.05) is 6.92 Å². The molecule has 1 N–H and O–H groups in total. The van der Waals surface area contributed by atoms with E-state index in [0.717, 1.165) is 16.2 Å². The smallest absolute Gasteiger partial charge is 0.333 e. The Balaban J connectivity index is 2.69. The van der Waals surface area contributed by atoms with Crippen LogP contribution < -0.4 is 5.32 Å². The van der Waals surface area contributed by atoms with Gasteiger partial charge in [0.15, 0.2) is 5.13 Å². The molecule has 1 rings (SSSR count). The van der Waals surface area contributed by atoms with Crippen LogP contribution in [0.3, 0.4) is 0 Å². The number of thiazole rings is 1. The first kappa shape index (κ1) is 20.4. The number of amides is 2. The second-order valence-corrected chi connectivity index (χ2v) is 6.61. The van der Waals surface area contributed by atoms with Gasteiger partial charge in [0.2, 0.25) is 11.8 Å². The lowest BCUT2D eigenvalue weighted by Gasteiger charge is -2.23. The fourth-order valence-corrected chi connectivity index (χ4v) is 2.53. The highest BCUT2D eigenvalue weighted by molar-refractivity contribution is 7.13. The first-order valence-electron chi connectivity index (χ1n) is 7.72. The summed E-state index contributed by atoms with van der Waals surface area (Å²) in [6, 6.07) is 0. The van der Waals surface area contributed by atoms with Crippen molar-refractivity contribution in [1.82, 2.24) is 9.88 Å². The Morgan fingerprint density at radius 2 is 2.04 bits per heavy atom. The zero-order chi connectivity index (χ0) is 18.3. The van der Waals surface area contributed by atoms with Crippen molar-refractivity contribution in [1.29, 1.82) is 0 Å². The van der Waals surface area contributed by atoms with Gasteiger partial charge in [-0.3, -0.25) is 9.59 Å². The van der Waals surface area contributed by atoms with Gasteiger partial charge in [0.05, 0.1) is 12.1 Å². The van der Waals surface area contributed by atoms with E-state index >= 15 is 0 Å². The van der Waals surface area contributed by atoms with Crippen LogP contribution in [0.1, 0.15) is 39.3 Å². The number of nitrogens with one attached hydrogen (secondary N) is 1. The maximum Gasteiger partial charge on any atom is 0.406 e. The minimum atomic E-state index is -4.43. The van der Waals surface area contributed by atoms with Gasteiger partial charge >= 0.3 is 6.18 Å². The van der Waals surface area contributed by atoms with Gasteiger partial charge in [0, 0.05) is 17.8 Å². The minimum Gasteiger partial charge on any atom is -0.333 e. The van der Waals surface area contributed by atoms with Crippen LogP contribution in [0.25, 0.3) is 0 Å². The number of carbonyl (C=O) groups excluding carboxylic acids is 2. The lowest BCUT2D eigenvalue weighted by molar-refractivity contribution is -0.161. The number of aromatic nitrogens is 1. The molecule has 0 aliphatic carbocycles. The molecule has 0 spiro atoms. The summed E-state index contributed by atoms with van der Waals surface area (Å²) in [6.07, 6.45) is -3.44. The fourth-order valence-electron chi connectivity index (χ4n) is 1.82. The normalized spacial score (nSPS) is 11.6. The number of anilines is 1. The summed E-state index contributed by atoms with van der Waals surface area (Å²) < 4.78 is 37.8. The third-order valence-corrected chi connectivity index (χ3v) is 3.95. The molecular weight excluding hydrogens is 343 g/mol. The van der Waals surface area contributed by atoms with Crippen molar-refractivity contribution in [3.8, 4) is 0 Å². The van der Waals surface area contributed by atoms with Crippen molar-refractivity contribution in [2.75, 3.05) is 18.4 Å². The SMILES string of the molecule is CCCCN(CC(F)(F)F)C(=O)Cc1csc(NC(=O)C(C)C)n1. The molecule has 1 aromatic heterocycles. The Morgan fingerprint density at radius 1 is 1.38 bits per heavy atom. The monoisotopic (exact) mass is 365 g/mol. The summed E-state index contributed by atoms with van der Waals surface area (Å²) in [6.45, 7) is 4.12. The van der Waals surface area contributed by atoms with E-state index in [0.29, 0.717) is 23.7 Å². The van der Waals surface area contributed by atoms with E-state index in [4.69, 9.17) is 0 Å². The van der Waals surface area contributed by atoms with Gasteiger partial charge in [0.1, 0.15) is 6.54 Å². The molecule has 0 saturated heterocycles. The second-order valence-electron chi connectivity index (χ2n) is 5.75. The maximum absolute atomic E-state index is 12.6. The van der Waals surface area contributed by atoms with Gasteiger partial charge in [0.25, 0.3) is 0 Å². The molecule has 1 aromatic rings. The Labute approximate surface area is 143 Å². The molecule has 0 fully saturated rings. The standard InChI is InChI=1S/C15H22F3N3O2S/c1-4-5-6-21(9-15(16,17)18)12(22)7-11-8-24-14(19-11)20-13(23)10(2)3/h8,10H,4-7,9H2,1-3H3,(H,19,20,23). The molecule has 24 heavy (non-hydrogen) atoms. The van der Waals surface area contributed by atoms with Gasteiger partial charge in [-0.1, -0.05) is 27.2 Å². The summed E-state index contributed by atoms with van der Waals surface area (Å²) >= 11 is 1.14. The lowest BCUT2D eigenvalue weighted by Crippen LogP contribution is -2.40. The average molecular weight is 365 g/mol. The number of hydrogen-bond donors (Lipinski definition) is 1. The zero-order valence-electron chi connectivity index (χ0n) is 13.9. The quantitative estimate of drug-likeness (QED) is 0.767. The van der Waals surface area contributed by atoms with Crippen molar-refractivity contribution in [3.63, 3.8) is 0 Å². The van der Waals surface area contributed by atoms with Gasteiger partial charge in [-0.25, -0.2) is 4.98 Å². The van der Waals surface area contributed by atoms with Crippen LogP contribution in [-0.4, -0.2) is 41.0 Å². The summed E-state index contributed by atoms with van der Waals surface area (Å²) in [5, 5.41) is 4.51. The van der Waals surface area contributed by atoms with Crippen molar-refractivity contribution in [3.05, 3.63) is 11.1 Å². The van der Waals surface area contributed by atoms with Gasteiger partial charge in [-0.05, 0) is 6.42 Å². The molecule has 0 aromatic carbocycles. The Morgan fingerprint density at radius 3 is 2.58 bits per heavy atom. The summed E-state index contributed by atoms with van der Waals surface area (Å²) in [7, 11) is 0. The first-order chi connectivity index (χ1) is 11.1. The molecule has 9 heteroatoms. The van der Waals surface area contributed by atoms with Gasteiger partial charge in [-0.15, -0.1) is 11.3 Å². The average Bonchev–Trinajstić information content (AvgIpc) is 2.89. The minimum absolute atomic E-state index is 0.0654. The third-order valence-electron chi connectivity index (χ3n) is 3.14. The van der Waals surface area contributed by atoms with E-state index in [1.165, 1.54) is 0 Å². The Hall–Kier alpha value is -1.64. The molecule has 0 atom stereocenters. The predicted molar refractivity (Wildman–Crippen MR) is 86.8 cm³/mol. The number of halogens is 3. The van der Waals surface area contributed by atoms with E-state index in [-0.39, 0.29) is 24.8 Å². The number of rotatable bonds is 8. The lowest BCUT2D eigenvalue weighted by atomic mass is 10.2. The maximum atomic E-state index is 12.6. The van der Waals surface area contributed by atoms with Crippen molar-refractivity contribution in [2.45, 2.75) is 46.2 Å². The molecule has 0 radical (unpaired) electrons. The molecule has 0 unspecified atom stereocenters. The van der Waals surface area contributed by atoms with Crippen molar-refractivity contribution < 1.29 is 22.8 Å². The van der Waals surface area contributed by atoms with E-state index in [1.54, 1.807) is 19.2 Å². The topological polar surface area (TPSA) is 62.3 Å². The van der Waals surface area contributed by atoms with Crippen LogP contribution in [0.2, 0.25) is 0 Å². The van der Waals surface area contributed by atoms with E-state index < -0.39 is 18.6 Å². The molecular formula is C15H22F3N3O2S. The molecule has 136 valence electrons. The second kappa shape index (κ2) is 9.00. The molecule has 0 bridgehead atoms. The van der Waals surface area contributed by atoms with Gasteiger partial charge < -0.3 is 10.2 Å². The molecule has 0 aliphatic heterocycles. The summed E-state index contributed by atoms with van der Waals surface area (Å²) in [4.78, 5) is 28.6. The van der Waals surface area contributed by atoms with Crippen LogP contribution in [0.15, 0.2) is 5.38 Å². The highest BCUT2D eigenvalue weighted by Crippen LogP contribution is 2.20. The van der Waals surface area contributed by atoms with Crippen LogP contribution in [-0.2, 0) is 16.0 Å². The fraction of sp³-hybridized carbons (Fsp3) is 0.667. The van der Waals surface area contributed by atoms with Crippen molar-refractivity contribution >= 4 is 28.3 Å². The highest BCUT2D eigenvalue weighted by atomic mass is 32.1. The van der Waals surface area contributed by atoms with E-state index in [9.17, 15) is 22.8 Å². The molecule has 2 amide bonds. The zero-order valence-corrected chi connectivity index (χ0v) is 14.8. The largest absolute Gasteiger partial charge is 0.406 e. The Kier molecular flexibility index (Phi) is 7.65. The molecule has 0 aliphatic rings. The van der Waals surface area contributed by atoms with E-state index in [2.05, 4.69) is 10.3 Å². The van der Waals surface area contributed by atoms with Crippen molar-refractivity contribution in [2.24, 2.45) is 5.92 Å². The number of nitrogens with zero attached hydrogens (tertiary/aromatic N) is 2. The summed E-state index contributed by atoms with van der Waals surface area (Å²) in [5.74, 6) is -1.04. The number of unbranched alkanes of at least 4 members (excludes halogenated alkanes) is 1. The van der Waals surface area contributed by atoms with Crippen LogP contribution in [0.4, 0.5) is 18.3 Å². The van der Waals surface area contributed by atoms with Crippen LogP contribution in [0.5, 0.6) is 0 Å². The summed E-state index contributed by atoms with van der Waals surface area (Å²) in [5.41, 5.74) is 0.354. The van der Waals surface area contributed by atoms with Crippen LogP contribution >= 0.6 is 11.3 Å². The highest BCUT2D eigenvalue weighted by Gasteiger charge is 2.32. The number of carbonyl (C=O) groups is 2. The number of hydrogen-bond acceptors (Lipinski definition) is 4. The van der Waals surface area contributed by atoms with Gasteiger partial charge in [-0.2, -0.15) is 13.2 Å². The molecule has 0 saturated carbocycles. The predicted octanol–water partition coefficient (Wildman–Crippen LogP) is 3.47.